The summed E-state index contributed by atoms with van der Waals surface area (Å²) in [6.45, 7) is 0. The van der Waals surface area contributed by atoms with Gasteiger partial charge in [-0.15, -0.1) is 5.10 Å². The summed E-state index contributed by atoms with van der Waals surface area (Å²) in [4.78, 5) is 4.16. The highest BCUT2D eigenvalue weighted by Gasteiger charge is 2.23. The van der Waals surface area contributed by atoms with E-state index in [1.165, 1.54) is 4.68 Å². The molecule has 94 valence electrons. The van der Waals surface area contributed by atoms with Crippen molar-refractivity contribution in [1.82, 2.24) is 14.8 Å². The summed E-state index contributed by atoms with van der Waals surface area (Å²) in [6.07, 6.45) is 2.31. The van der Waals surface area contributed by atoms with E-state index in [4.69, 9.17) is 28.9 Å². The molecule has 1 aliphatic rings. The van der Waals surface area contributed by atoms with Gasteiger partial charge in [-0.2, -0.15) is 9.67 Å². The first-order valence-electron chi connectivity index (χ1n) is 5.58. The standard InChI is InChI=1S/C11H11Cl2N5/c12-8-4-3-7(5-9(8)13)18-10(14)16-11(17-18)15-6-1-2-6/h3-6H,1-2H2,(H3,14,15,16,17). The summed E-state index contributed by atoms with van der Waals surface area (Å²) in [6, 6.07) is 5.68. The van der Waals surface area contributed by atoms with Crippen LogP contribution in [-0.2, 0) is 0 Å². The Hall–Kier alpha value is -1.46. The summed E-state index contributed by atoms with van der Waals surface area (Å²) in [5.74, 6) is 0.859. The largest absolute Gasteiger partial charge is 0.368 e. The molecule has 0 saturated heterocycles. The first-order chi connectivity index (χ1) is 8.63. The molecule has 1 aliphatic carbocycles. The van der Waals surface area contributed by atoms with Crippen molar-refractivity contribution in [2.75, 3.05) is 11.1 Å². The Morgan fingerprint density at radius 1 is 1.28 bits per heavy atom. The van der Waals surface area contributed by atoms with E-state index in [1.807, 2.05) is 0 Å². The summed E-state index contributed by atoms with van der Waals surface area (Å²) in [7, 11) is 0. The second-order valence-corrected chi connectivity index (χ2v) is 5.04. The fourth-order valence-electron chi connectivity index (χ4n) is 1.60. The monoisotopic (exact) mass is 283 g/mol. The maximum Gasteiger partial charge on any atom is 0.244 e. The molecule has 7 heteroatoms. The third kappa shape index (κ3) is 2.23. The summed E-state index contributed by atoms with van der Waals surface area (Å²) < 4.78 is 1.53. The Bertz CT molecular complexity index is 591. The van der Waals surface area contributed by atoms with Crippen LogP contribution < -0.4 is 11.1 Å². The van der Waals surface area contributed by atoms with Crippen LogP contribution in [0.25, 0.3) is 5.69 Å². The van der Waals surface area contributed by atoms with Crippen LogP contribution in [0.5, 0.6) is 0 Å². The van der Waals surface area contributed by atoms with Crippen molar-refractivity contribution in [3.05, 3.63) is 28.2 Å². The molecule has 18 heavy (non-hydrogen) atoms. The molecule has 1 aromatic carbocycles. The van der Waals surface area contributed by atoms with Crippen molar-refractivity contribution in [2.45, 2.75) is 18.9 Å². The molecule has 1 aromatic heterocycles. The fraction of sp³-hybridized carbons (Fsp3) is 0.273. The number of nitrogens with zero attached hydrogens (tertiary/aromatic N) is 3. The number of rotatable bonds is 3. The summed E-state index contributed by atoms with van der Waals surface area (Å²) >= 11 is 11.8. The van der Waals surface area contributed by atoms with Crippen LogP contribution in [0.4, 0.5) is 11.9 Å². The van der Waals surface area contributed by atoms with E-state index in [2.05, 4.69) is 15.4 Å². The number of nitrogens with two attached hydrogens (primary N) is 1. The fourth-order valence-corrected chi connectivity index (χ4v) is 1.89. The van der Waals surface area contributed by atoms with Gasteiger partial charge in [0.25, 0.3) is 0 Å². The highest BCUT2D eigenvalue weighted by molar-refractivity contribution is 6.42. The molecule has 0 amide bonds. The van der Waals surface area contributed by atoms with Gasteiger partial charge in [0.2, 0.25) is 11.9 Å². The van der Waals surface area contributed by atoms with Crippen molar-refractivity contribution in [2.24, 2.45) is 0 Å². The summed E-state index contributed by atoms with van der Waals surface area (Å²) in [5.41, 5.74) is 6.57. The zero-order chi connectivity index (χ0) is 12.7. The molecule has 3 rings (SSSR count). The van der Waals surface area contributed by atoms with Gasteiger partial charge >= 0.3 is 0 Å². The second-order valence-electron chi connectivity index (χ2n) is 4.22. The molecule has 1 saturated carbocycles. The minimum absolute atomic E-state index is 0.316. The van der Waals surface area contributed by atoms with Gasteiger partial charge in [-0.05, 0) is 31.0 Å². The number of benzene rings is 1. The van der Waals surface area contributed by atoms with Crippen molar-refractivity contribution in [1.29, 1.82) is 0 Å². The number of hydrogen-bond acceptors (Lipinski definition) is 4. The van der Waals surface area contributed by atoms with Crippen molar-refractivity contribution in [3.8, 4) is 5.69 Å². The molecule has 0 radical (unpaired) electrons. The van der Waals surface area contributed by atoms with Gasteiger partial charge in [0.1, 0.15) is 0 Å². The number of halogens is 2. The summed E-state index contributed by atoms with van der Waals surface area (Å²) in [5, 5.41) is 8.44. The van der Waals surface area contributed by atoms with Crippen molar-refractivity contribution < 1.29 is 0 Å². The van der Waals surface area contributed by atoms with E-state index in [0.717, 1.165) is 18.5 Å². The first-order valence-corrected chi connectivity index (χ1v) is 6.33. The number of nitrogens with one attached hydrogen (secondary N) is 1. The zero-order valence-corrected chi connectivity index (χ0v) is 10.9. The predicted octanol–water partition coefficient (Wildman–Crippen LogP) is 2.73. The molecular formula is C11H11Cl2N5. The lowest BCUT2D eigenvalue weighted by Gasteiger charge is -2.03. The lowest BCUT2D eigenvalue weighted by Crippen LogP contribution is -2.04. The predicted molar refractivity (Wildman–Crippen MR) is 72.4 cm³/mol. The van der Waals surface area contributed by atoms with Gasteiger partial charge in [-0.3, -0.25) is 0 Å². The Balaban J connectivity index is 1.94. The van der Waals surface area contributed by atoms with Gasteiger partial charge in [0, 0.05) is 6.04 Å². The van der Waals surface area contributed by atoms with E-state index in [9.17, 15) is 0 Å². The molecule has 5 nitrogen and oxygen atoms in total. The zero-order valence-electron chi connectivity index (χ0n) is 9.40. The van der Waals surface area contributed by atoms with E-state index < -0.39 is 0 Å². The van der Waals surface area contributed by atoms with Crippen LogP contribution in [0.3, 0.4) is 0 Å². The molecular weight excluding hydrogens is 273 g/mol. The minimum atomic E-state index is 0.316. The topological polar surface area (TPSA) is 68.8 Å². The number of anilines is 2. The highest BCUT2D eigenvalue weighted by Crippen LogP contribution is 2.27. The van der Waals surface area contributed by atoms with E-state index in [1.54, 1.807) is 18.2 Å². The van der Waals surface area contributed by atoms with Crippen LogP contribution in [0, 0.1) is 0 Å². The van der Waals surface area contributed by atoms with Crippen LogP contribution in [0.1, 0.15) is 12.8 Å². The van der Waals surface area contributed by atoms with Gasteiger partial charge in [0.15, 0.2) is 0 Å². The van der Waals surface area contributed by atoms with Crippen molar-refractivity contribution in [3.63, 3.8) is 0 Å². The van der Waals surface area contributed by atoms with Crippen LogP contribution in [0.15, 0.2) is 18.2 Å². The number of hydrogen-bond donors (Lipinski definition) is 2. The third-order valence-electron chi connectivity index (χ3n) is 2.69. The molecule has 1 fully saturated rings. The van der Waals surface area contributed by atoms with Crippen LogP contribution in [0.2, 0.25) is 10.0 Å². The lowest BCUT2D eigenvalue weighted by atomic mass is 10.3. The molecule has 2 aromatic rings. The smallest absolute Gasteiger partial charge is 0.244 e. The maximum absolute atomic E-state index is 5.97. The maximum atomic E-state index is 5.97. The van der Waals surface area contributed by atoms with Gasteiger partial charge < -0.3 is 11.1 Å². The van der Waals surface area contributed by atoms with Crippen molar-refractivity contribution >= 4 is 35.1 Å². The lowest BCUT2D eigenvalue weighted by molar-refractivity contribution is 0.887. The highest BCUT2D eigenvalue weighted by atomic mass is 35.5. The number of nitrogen functional groups attached to an aromatic ring is 1. The Morgan fingerprint density at radius 3 is 2.72 bits per heavy atom. The normalized spacial score (nSPS) is 14.8. The van der Waals surface area contributed by atoms with E-state index >= 15 is 0 Å². The SMILES string of the molecule is Nc1nc(NC2CC2)nn1-c1ccc(Cl)c(Cl)c1. The molecule has 0 atom stereocenters. The second kappa shape index (κ2) is 4.33. The molecule has 1 heterocycles. The van der Waals surface area contributed by atoms with Gasteiger partial charge in [-0.1, -0.05) is 23.2 Å². The first kappa shape index (κ1) is 11.6. The molecule has 0 aliphatic heterocycles. The molecule has 0 bridgehead atoms. The van der Waals surface area contributed by atoms with E-state index in [0.29, 0.717) is 28.0 Å². The third-order valence-corrected chi connectivity index (χ3v) is 3.43. The number of aromatic nitrogens is 3. The van der Waals surface area contributed by atoms with E-state index in [-0.39, 0.29) is 0 Å². The Kier molecular flexibility index (Phi) is 2.80. The van der Waals surface area contributed by atoms with Crippen LogP contribution >= 0.6 is 23.2 Å². The Morgan fingerprint density at radius 2 is 2.06 bits per heavy atom. The minimum Gasteiger partial charge on any atom is -0.368 e. The van der Waals surface area contributed by atoms with Gasteiger partial charge in [-0.25, -0.2) is 0 Å². The van der Waals surface area contributed by atoms with Crippen LogP contribution in [-0.4, -0.2) is 20.8 Å². The average Bonchev–Trinajstić information content (AvgIpc) is 3.06. The Labute approximate surface area is 114 Å². The van der Waals surface area contributed by atoms with Gasteiger partial charge in [0.05, 0.1) is 15.7 Å². The molecule has 0 spiro atoms. The quantitative estimate of drug-likeness (QED) is 0.909. The molecule has 3 N–H and O–H groups in total. The average molecular weight is 284 g/mol. The molecule has 0 unspecified atom stereocenters.